The molecule has 0 aromatic carbocycles. The fourth-order valence-electron chi connectivity index (χ4n) is 3.24. The van der Waals surface area contributed by atoms with Crippen molar-refractivity contribution in [3.8, 4) is 0 Å². The normalized spacial score (nSPS) is 23.0. The molecule has 2 aliphatic rings. The minimum absolute atomic E-state index is 0.0118. The maximum atomic E-state index is 11.7. The SMILES string of the molecule is O=C(NCCCNC1CCCCC1)NCC1CC=CCC1. The van der Waals surface area contributed by atoms with Gasteiger partial charge in [0.25, 0.3) is 0 Å². The molecule has 0 aliphatic heterocycles. The lowest BCUT2D eigenvalue weighted by atomic mass is 9.94. The van der Waals surface area contributed by atoms with E-state index in [0.29, 0.717) is 12.0 Å². The van der Waals surface area contributed by atoms with Gasteiger partial charge in [-0.25, -0.2) is 4.79 Å². The van der Waals surface area contributed by atoms with E-state index in [1.54, 1.807) is 0 Å². The van der Waals surface area contributed by atoms with Crippen molar-refractivity contribution in [3.63, 3.8) is 0 Å². The van der Waals surface area contributed by atoms with Crippen molar-refractivity contribution in [2.45, 2.75) is 63.8 Å². The van der Waals surface area contributed by atoms with E-state index < -0.39 is 0 Å². The third-order valence-electron chi connectivity index (χ3n) is 4.61. The van der Waals surface area contributed by atoms with E-state index >= 15 is 0 Å². The van der Waals surface area contributed by atoms with E-state index in [1.165, 1.54) is 38.5 Å². The number of amides is 2. The second-order valence-electron chi connectivity index (χ2n) is 6.43. The Hall–Kier alpha value is -1.03. The fourth-order valence-corrected chi connectivity index (χ4v) is 3.24. The van der Waals surface area contributed by atoms with Gasteiger partial charge >= 0.3 is 6.03 Å². The maximum Gasteiger partial charge on any atom is 0.314 e. The summed E-state index contributed by atoms with van der Waals surface area (Å²) in [6.45, 7) is 2.57. The first-order valence-electron chi connectivity index (χ1n) is 8.74. The van der Waals surface area contributed by atoms with Gasteiger partial charge in [0.15, 0.2) is 0 Å². The lowest BCUT2D eigenvalue weighted by molar-refractivity contribution is 0.238. The van der Waals surface area contributed by atoms with Gasteiger partial charge in [-0.3, -0.25) is 0 Å². The molecule has 120 valence electrons. The van der Waals surface area contributed by atoms with E-state index in [1.807, 2.05) is 0 Å². The molecule has 2 aliphatic carbocycles. The number of urea groups is 1. The van der Waals surface area contributed by atoms with Crippen LogP contribution in [-0.2, 0) is 0 Å². The predicted molar refractivity (Wildman–Crippen MR) is 87.4 cm³/mol. The molecule has 4 heteroatoms. The van der Waals surface area contributed by atoms with Crippen molar-refractivity contribution in [2.75, 3.05) is 19.6 Å². The van der Waals surface area contributed by atoms with E-state index in [0.717, 1.165) is 38.9 Å². The average Bonchev–Trinajstić information content (AvgIpc) is 2.54. The minimum atomic E-state index is -0.0118. The van der Waals surface area contributed by atoms with Crippen LogP contribution in [0.1, 0.15) is 57.8 Å². The van der Waals surface area contributed by atoms with Crippen LogP contribution in [0.2, 0.25) is 0 Å². The zero-order valence-electron chi connectivity index (χ0n) is 13.2. The Kier molecular flexibility index (Phi) is 7.65. The molecule has 0 spiro atoms. The lowest BCUT2D eigenvalue weighted by Crippen LogP contribution is -2.40. The molecule has 0 bridgehead atoms. The van der Waals surface area contributed by atoms with Gasteiger partial charge in [0.2, 0.25) is 0 Å². The van der Waals surface area contributed by atoms with E-state index in [9.17, 15) is 4.79 Å². The van der Waals surface area contributed by atoms with Crippen LogP contribution in [0, 0.1) is 5.92 Å². The van der Waals surface area contributed by atoms with E-state index in [2.05, 4.69) is 28.1 Å². The first-order valence-corrected chi connectivity index (χ1v) is 8.74. The predicted octanol–water partition coefficient (Wildman–Crippen LogP) is 2.95. The largest absolute Gasteiger partial charge is 0.338 e. The summed E-state index contributed by atoms with van der Waals surface area (Å²) in [5.74, 6) is 0.619. The van der Waals surface area contributed by atoms with Crippen LogP contribution in [0.4, 0.5) is 4.79 Å². The van der Waals surface area contributed by atoms with Crippen molar-refractivity contribution in [2.24, 2.45) is 5.92 Å². The number of rotatable bonds is 7. The molecule has 2 rings (SSSR count). The molecule has 1 fully saturated rings. The number of carbonyl (C=O) groups excluding carboxylic acids is 1. The van der Waals surface area contributed by atoms with Gasteiger partial charge in [-0.05, 0) is 51.0 Å². The Morgan fingerprint density at radius 1 is 1.00 bits per heavy atom. The monoisotopic (exact) mass is 293 g/mol. The Morgan fingerprint density at radius 2 is 1.86 bits per heavy atom. The van der Waals surface area contributed by atoms with Gasteiger partial charge in [0.05, 0.1) is 0 Å². The third kappa shape index (κ3) is 6.98. The summed E-state index contributed by atoms with van der Waals surface area (Å²) in [6.07, 6.45) is 15.7. The highest BCUT2D eigenvalue weighted by molar-refractivity contribution is 5.73. The van der Waals surface area contributed by atoms with Gasteiger partial charge in [-0.15, -0.1) is 0 Å². The summed E-state index contributed by atoms with van der Waals surface area (Å²) in [4.78, 5) is 11.7. The van der Waals surface area contributed by atoms with Gasteiger partial charge in [0.1, 0.15) is 0 Å². The number of hydrogen-bond acceptors (Lipinski definition) is 2. The molecule has 0 aromatic rings. The van der Waals surface area contributed by atoms with Crippen molar-refractivity contribution < 1.29 is 4.79 Å². The fraction of sp³-hybridized carbons (Fsp3) is 0.824. The lowest BCUT2D eigenvalue weighted by Gasteiger charge is -2.22. The molecular weight excluding hydrogens is 262 g/mol. The summed E-state index contributed by atoms with van der Waals surface area (Å²) in [5.41, 5.74) is 0. The Labute approximate surface area is 129 Å². The molecule has 1 unspecified atom stereocenters. The number of nitrogens with one attached hydrogen (secondary N) is 3. The van der Waals surface area contributed by atoms with Crippen molar-refractivity contribution in [1.29, 1.82) is 0 Å². The summed E-state index contributed by atoms with van der Waals surface area (Å²) in [6, 6.07) is 0.703. The smallest absolute Gasteiger partial charge is 0.314 e. The van der Waals surface area contributed by atoms with Crippen molar-refractivity contribution >= 4 is 6.03 Å². The topological polar surface area (TPSA) is 53.2 Å². The Balaban J connectivity index is 1.42. The molecule has 1 saturated carbocycles. The molecule has 21 heavy (non-hydrogen) atoms. The van der Waals surface area contributed by atoms with Gasteiger partial charge in [0, 0.05) is 19.1 Å². The standard InChI is InChI=1S/C17H31N3O/c21-17(20-14-15-8-3-1-4-9-15)19-13-7-12-18-16-10-5-2-6-11-16/h1,3,15-16,18H,2,4-14H2,(H2,19,20,21). The summed E-state index contributed by atoms with van der Waals surface area (Å²) >= 11 is 0. The van der Waals surface area contributed by atoms with E-state index in [4.69, 9.17) is 0 Å². The maximum absolute atomic E-state index is 11.7. The number of carbonyl (C=O) groups is 1. The highest BCUT2D eigenvalue weighted by Gasteiger charge is 2.12. The summed E-state index contributed by atoms with van der Waals surface area (Å²) in [5, 5.41) is 9.54. The van der Waals surface area contributed by atoms with Crippen LogP contribution < -0.4 is 16.0 Å². The van der Waals surface area contributed by atoms with Crippen molar-refractivity contribution in [1.82, 2.24) is 16.0 Å². The quantitative estimate of drug-likeness (QED) is 0.499. The number of hydrogen-bond donors (Lipinski definition) is 3. The first-order chi connectivity index (χ1) is 10.3. The van der Waals surface area contributed by atoms with Crippen LogP contribution in [0.3, 0.4) is 0 Å². The highest BCUT2D eigenvalue weighted by Crippen LogP contribution is 2.17. The number of allylic oxidation sites excluding steroid dienone is 2. The molecule has 0 saturated heterocycles. The summed E-state index contributed by atoms with van der Waals surface area (Å²) < 4.78 is 0. The Morgan fingerprint density at radius 3 is 2.62 bits per heavy atom. The van der Waals surface area contributed by atoms with Crippen LogP contribution in [-0.4, -0.2) is 31.7 Å². The summed E-state index contributed by atoms with van der Waals surface area (Å²) in [7, 11) is 0. The molecule has 0 heterocycles. The van der Waals surface area contributed by atoms with Crippen LogP contribution in [0.5, 0.6) is 0 Å². The van der Waals surface area contributed by atoms with Crippen molar-refractivity contribution in [3.05, 3.63) is 12.2 Å². The van der Waals surface area contributed by atoms with Gasteiger partial charge in [-0.2, -0.15) is 0 Å². The Bertz CT molecular complexity index is 324. The molecule has 2 amide bonds. The zero-order valence-corrected chi connectivity index (χ0v) is 13.2. The molecule has 1 atom stereocenters. The highest BCUT2D eigenvalue weighted by atomic mass is 16.2. The molecule has 4 nitrogen and oxygen atoms in total. The zero-order chi connectivity index (χ0) is 14.8. The molecule has 3 N–H and O–H groups in total. The average molecular weight is 293 g/mol. The van der Waals surface area contributed by atoms with Crippen LogP contribution in [0.25, 0.3) is 0 Å². The second-order valence-corrected chi connectivity index (χ2v) is 6.43. The van der Waals surface area contributed by atoms with Crippen LogP contribution in [0.15, 0.2) is 12.2 Å². The molecule has 0 aromatic heterocycles. The first kappa shape index (κ1) is 16.3. The minimum Gasteiger partial charge on any atom is -0.338 e. The second kappa shape index (κ2) is 9.82. The van der Waals surface area contributed by atoms with Crippen LogP contribution >= 0.6 is 0 Å². The molecule has 0 radical (unpaired) electrons. The molecular formula is C17H31N3O. The third-order valence-corrected chi connectivity index (χ3v) is 4.61. The van der Waals surface area contributed by atoms with Gasteiger partial charge < -0.3 is 16.0 Å². The van der Waals surface area contributed by atoms with E-state index in [-0.39, 0.29) is 6.03 Å². The van der Waals surface area contributed by atoms with Gasteiger partial charge in [-0.1, -0.05) is 31.4 Å².